The Labute approximate surface area is 121 Å². The number of aromatic nitrogens is 1. The molecule has 0 radical (unpaired) electrons. The summed E-state index contributed by atoms with van der Waals surface area (Å²) >= 11 is 1.63. The molecule has 3 nitrogen and oxygen atoms in total. The van der Waals surface area contributed by atoms with Crippen LogP contribution in [0.3, 0.4) is 0 Å². The standard InChI is InChI=1S/C16H14N2OS/c1-10(19)17-15-13(12-6-4-3-5-7-12)8-9-14-16(15)18-11(2)20-14/h3-9H,1-2H3,(H,17,19). The summed E-state index contributed by atoms with van der Waals surface area (Å²) < 4.78 is 1.09. The van der Waals surface area contributed by atoms with Crippen LogP contribution >= 0.6 is 11.3 Å². The molecule has 1 aromatic heterocycles. The maximum absolute atomic E-state index is 11.5. The Bertz CT molecular complexity index is 778. The van der Waals surface area contributed by atoms with Gasteiger partial charge in [-0.15, -0.1) is 11.3 Å². The summed E-state index contributed by atoms with van der Waals surface area (Å²) in [6.07, 6.45) is 0. The molecule has 100 valence electrons. The van der Waals surface area contributed by atoms with Crippen LogP contribution in [0, 0.1) is 6.92 Å². The van der Waals surface area contributed by atoms with Crippen molar-refractivity contribution in [2.24, 2.45) is 0 Å². The molecular weight excluding hydrogens is 268 g/mol. The molecule has 20 heavy (non-hydrogen) atoms. The average molecular weight is 282 g/mol. The van der Waals surface area contributed by atoms with E-state index in [1.807, 2.05) is 43.3 Å². The molecule has 0 unspecified atom stereocenters. The largest absolute Gasteiger partial charge is 0.324 e. The van der Waals surface area contributed by atoms with Crippen molar-refractivity contribution in [3.8, 4) is 11.1 Å². The summed E-state index contributed by atoms with van der Waals surface area (Å²) in [5, 5.41) is 3.93. The van der Waals surface area contributed by atoms with E-state index in [0.29, 0.717) is 0 Å². The van der Waals surface area contributed by atoms with Crippen LogP contribution in [-0.4, -0.2) is 10.9 Å². The molecule has 2 aromatic carbocycles. The maximum Gasteiger partial charge on any atom is 0.221 e. The summed E-state index contributed by atoms with van der Waals surface area (Å²) in [6, 6.07) is 14.1. The second-order valence-electron chi connectivity index (χ2n) is 4.61. The third-order valence-electron chi connectivity index (χ3n) is 3.05. The second kappa shape index (κ2) is 5.06. The van der Waals surface area contributed by atoms with Gasteiger partial charge in [-0.05, 0) is 18.6 Å². The number of nitrogens with one attached hydrogen (secondary N) is 1. The molecule has 1 amide bonds. The van der Waals surface area contributed by atoms with Gasteiger partial charge in [0.15, 0.2) is 0 Å². The van der Waals surface area contributed by atoms with E-state index in [0.717, 1.165) is 32.0 Å². The van der Waals surface area contributed by atoms with Gasteiger partial charge < -0.3 is 5.32 Å². The first-order valence-electron chi connectivity index (χ1n) is 6.38. The fraction of sp³-hybridized carbons (Fsp3) is 0.125. The molecule has 0 saturated heterocycles. The SMILES string of the molecule is CC(=O)Nc1c(-c2ccccc2)ccc2sc(C)nc12. The number of carbonyl (C=O) groups excluding carboxylic acids is 1. The Morgan fingerprint density at radius 2 is 1.90 bits per heavy atom. The number of aryl methyl sites for hydroxylation is 1. The summed E-state index contributed by atoms with van der Waals surface area (Å²) in [7, 11) is 0. The minimum absolute atomic E-state index is 0.0830. The number of anilines is 1. The quantitative estimate of drug-likeness (QED) is 0.764. The number of thiazole rings is 1. The molecule has 1 heterocycles. The zero-order chi connectivity index (χ0) is 14.1. The van der Waals surface area contributed by atoms with Gasteiger partial charge in [0.25, 0.3) is 0 Å². The predicted octanol–water partition coefficient (Wildman–Crippen LogP) is 4.23. The summed E-state index contributed by atoms with van der Waals surface area (Å²) in [5.74, 6) is -0.0830. The zero-order valence-corrected chi connectivity index (χ0v) is 12.1. The number of rotatable bonds is 2. The maximum atomic E-state index is 11.5. The molecular formula is C16H14N2OS. The number of amides is 1. The Kier molecular flexibility index (Phi) is 3.24. The molecule has 0 atom stereocenters. The first-order chi connectivity index (χ1) is 9.65. The van der Waals surface area contributed by atoms with Crippen molar-refractivity contribution in [1.82, 2.24) is 4.98 Å². The van der Waals surface area contributed by atoms with Crippen LogP contribution in [0.25, 0.3) is 21.3 Å². The zero-order valence-electron chi connectivity index (χ0n) is 11.3. The first-order valence-corrected chi connectivity index (χ1v) is 7.20. The third-order valence-corrected chi connectivity index (χ3v) is 3.99. The van der Waals surface area contributed by atoms with Crippen molar-refractivity contribution in [3.63, 3.8) is 0 Å². The van der Waals surface area contributed by atoms with E-state index in [4.69, 9.17) is 0 Å². The van der Waals surface area contributed by atoms with Gasteiger partial charge in [0.05, 0.1) is 15.4 Å². The second-order valence-corrected chi connectivity index (χ2v) is 5.85. The van der Waals surface area contributed by atoms with Crippen LogP contribution in [-0.2, 0) is 4.79 Å². The summed E-state index contributed by atoms with van der Waals surface area (Å²) in [6.45, 7) is 3.50. The lowest BCUT2D eigenvalue weighted by atomic mass is 10.0. The van der Waals surface area contributed by atoms with E-state index in [-0.39, 0.29) is 5.91 Å². The van der Waals surface area contributed by atoms with Crippen LogP contribution in [0.1, 0.15) is 11.9 Å². The molecule has 4 heteroatoms. The Morgan fingerprint density at radius 1 is 1.15 bits per heavy atom. The fourth-order valence-corrected chi connectivity index (χ4v) is 3.10. The Hall–Kier alpha value is -2.20. The molecule has 0 spiro atoms. The third kappa shape index (κ3) is 2.30. The van der Waals surface area contributed by atoms with Crippen molar-refractivity contribution in [3.05, 3.63) is 47.5 Å². The van der Waals surface area contributed by atoms with Crippen molar-refractivity contribution in [2.75, 3.05) is 5.32 Å². The van der Waals surface area contributed by atoms with Crippen molar-refractivity contribution in [1.29, 1.82) is 0 Å². The minimum atomic E-state index is -0.0830. The van der Waals surface area contributed by atoms with E-state index in [9.17, 15) is 4.79 Å². The molecule has 0 fully saturated rings. The minimum Gasteiger partial charge on any atom is -0.324 e. The van der Waals surface area contributed by atoms with Crippen LogP contribution in [0.5, 0.6) is 0 Å². The number of benzene rings is 2. The van der Waals surface area contributed by atoms with E-state index in [1.165, 1.54) is 6.92 Å². The van der Waals surface area contributed by atoms with Crippen molar-refractivity contribution >= 4 is 33.1 Å². The van der Waals surface area contributed by atoms with Crippen LogP contribution in [0.2, 0.25) is 0 Å². The molecule has 3 rings (SSSR count). The highest BCUT2D eigenvalue weighted by Crippen LogP contribution is 2.36. The van der Waals surface area contributed by atoms with Gasteiger partial charge in [0.2, 0.25) is 5.91 Å². The highest BCUT2D eigenvalue weighted by Gasteiger charge is 2.13. The number of nitrogens with zero attached hydrogens (tertiary/aromatic N) is 1. The molecule has 1 N–H and O–H groups in total. The number of hydrogen-bond donors (Lipinski definition) is 1. The van der Waals surface area contributed by atoms with E-state index < -0.39 is 0 Å². The lowest BCUT2D eigenvalue weighted by Gasteiger charge is -2.11. The Morgan fingerprint density at radius 3 is 2.60 bits per heavy atom. The van der Waals surface area contributed by atoms with Crippen LogP contribution in [0.4, 0.5) is 5.69 Å². The summed E-state index contributed by atoms with van der Waals surface area (Å²) in [4.78, 5) is 16.1. The fourth-order valence-electron chi connectivity index (χ4n) is 2.27. The normalized spacial score (nSPS) is 10.7. The molecule has 0 aliphatic carbocycles. The molecule has 0 aliphatic rings. The van der Waals surface area contributed by atoms with Gasteiger partial charge in [-0.1, -0.05) is 36.4 Å². The van der Waals surface area contributed by atoms with Gasteiger partial charge >= 0.3 is 0 Å². The topological polar surface area (TPSA) is 42.0 Å². The van der Waals surface area contributed by atoms with Crippen LogP contribution in [0.15, 0.2) is 42.5 Å². The van der Waals surface area contributed by atoms with Crippen molar-refractivity contribution < 1.29 is 4.79 Å². The summed E-state index contributed by atoms with van der Waals surface area (Å²) in [5.41, 5.74) is 3.73. The van der Waals surface area contributed by atoms with Gasteiger partial charge in [-0.2, -0.15) is 0 Å². The van der Waals surface area contributed by atoms with Crippen LogP contribution < -0.4 is 5.32 Å². The monoisotopic (exact) mass is 282 g/mol. The highest BCUT2D eigenvalue weighted by molar-refractivity contribution is 7.18. The van der Waals surface area contributed by atoms with Gasteiger partial charge in [-0.3, -0.25) is 4.79 Å². The molecule has 3 aromatic rings. The first kappa shape index (κ1) is 12.8. The van der Waals surface area contributed by atoms with Crippen molar-refractivity contribution in [2.45, 2.75) is 13.8 Å². The van der Waals surface area contributed by atoms with E-state index >= 15 is 0 Å². The van der Waals surface area contributed by atoms with Gasteiger partial charge in [0.1, 0.15) is 5.52 Å². The molecule has 0 aliphatic heterocycles. The lowest BCUT2D eigenvalue weighted by molar-refractivity contribution is -0.114. The molecule has 0 bridgehead atoms. The van der Waals surface area contributed by atoms with Gasteiger partial charge in [-0.25, -0.2) is 4.98 Å². The highest BCUT2D eigenvalue weighted by atomic mass is 32.1. The Balaban J connectivity index is 2.28. The van der Waals surface area contributed by atoms with E-state index in [2.05, 4.69) is 16.4 Å². The molecule has 0 saturated carbocycles. The number of carbonyl (C=O) groups is 1. The van der Waals surface area contributed by atoms with Gasteiger partial charge in [0, 0.05) is 12.5 Å². The average Bonchev–Trinajstić information content (AvgIpc) is 2.80. The van der Waals surface area contributed by atoms with E-state index in [1.54, 1.807) is 11.3 Å². The lowest BCUT2D eigenvalue weighted by Crippen LogP contribution is -2.07. The number of fused-ring (bicyclic) bond motifs is 1. The predicted molar refractivity (Wildman–Crippen MR) is 84.1 cm³/mol. The number of hydrogen-bond acceptors (Lipinski definition) is 3. The smallest absolute Gasteiger partial charge is 0.221 e.